The highest BCUT2D eigenvalue weighted by molar-refractivity contribution is 6.05. The molecule has 0 saturated carbocycles. The Bertz CT molecular complexity index is 1130. The van der Waals surface area contributed by atoms with Gasteiger partial charge in [-0.25, -0.2) is 0 Å². The van der Waals surface area contributed by atoms with Gasteiger partial charge in [0, 0.05) is 30.3 Å². The Labute approximate surface area is 170 Å². The minimum absolute atomic E-state index is 0.0596. The van der Waals surface area contributed by atoms with Crippen LogP contribution in [0, 0.1) is 12.3 Å². The van der Waals surface area contributed by atoms with Gasteiger partial charge in [0.2, 0.25) is 0 Å². The van der Waals surface area contributed by atoms with Gasteiger partial charge in [0.1, 0.15) is 5.76 Å². The number of hydrogen-bond donors (Lipinski definition) is 1. The number of nitrogens with two attached hydrogens (primary N) is 1. The molecule has 2 N–H and O–H groups in total. The topological polar surface area (TPSA) is 76.5 Å². The van der Waals surface area contributed by atoms with Crippen LogP contribution in [-0.2, 0) is 0 Å². The maximum Gasteiger partial charge on any atom is 0.257 e. The molecule has 5 heteroatoms. The number of para-hydroxylation sites is 1. The summed E-state index contributed by atoms with van der Waals surface area (Å²) in [6.45, 7) is 7.09. The van der Waals surface area contributed by atoms with E-state index in [4.69, 9.17) is 10.2 Å². The number of amides is 1. The first-order chi connectivity index (χ1) is 13.8. The summed E-state index contributed by atoms with van der Waals surface area (Å²) in [6.07, 6.45) is 0.752. The largest absolute Gasteiger partial charge is 0.455 e. The zero-order valence-electron chi connectivity index (χ0n) is 17.1. The van der Waals surface area contributed by atoms with E-state index in [1.54, 1.807) is 25.1 Å². The average Bonchev–Trinajstić information content (AvgIpc) is 2.72. The molecule has 1 aromatic heterocycles. The molecule has 1 atom stereocenters. The Kier molecular flexibility index (Phi) is 4.79. The highest BCUT2D eigenvalue weighted by Crippen LogP contribution is 2.31. The zero-order chi connectivity index (χ0) is 20.8. The molecular formula is C24H26N2O3. The van der Waals surface area contributed by atoms with Crippen molar-refractivity contribution < 1.29 is 9.21 Å². The smallest absolute Gasteiger partial charge is 0.257 e. The van der Waals surface area contributed by atoms with E-state index in [9.17, 15) is 9.59 Å². The SMILES string of the molecule is Cc1c(-c2ccccc2)oc2c(C(=O)N3CCC(N)C(C)(C)C3)cccc2c1=O. The molecule has 4 rings (SSSR count). The van der Waals surface area contributed by atoms with E-state index in [0.717, 1.165) is 12.0 Å². The number of rotatable bonds is 2. The van der Waals surface area contributed by atoms with Crippen LogP contribution < -0.4 is 11.2 Å². The lowest BCUT2D eigenvalue weighted by Gasteiger charge is -2.42. The van der Waals surface area contributed by atoms with Crippen molar-refractivity contribution in [3.05, 3.63) is 69.9 Å². The number of carbonyl (C=O) groups excluding carboxylic acids is 1. The molecule has 1 amide bonds. The number of nitrogens with zero attached hydrogens (tertiary/aromatic N) is 1. The fourth-order valence-electron chi connectivity index (χ4n) is 4.06. The van der Waals surface area contributed by atoms with E-state index in [0.29, 0.717) is 40.9 Å². The summed E-state index contributed by atoms with van der Waals surface area (Å²) in [5.41, 5.74) is 8.08. The molecule has 0 bridgehead atoms. The van der Waals surface area contributed by atoms with Crippen molar-refractivity contribution in [2.45, 2.75) is 33.2 Å². The van der Waals surface area contributed by atoms with Gasteiger partial charge in [-0.1, -0.05) is 50.2 Å². The first-order valence-electron chi connectivity index (χ1n) is 9.96. The minimum Gasteiger partial charge on any atom is -0.455 e. The van der Waals surface area contributed by atoms with E-state index < -0.39 is 0 Å². The molecule has 5 nitrogen and oxygen atoms in total. The Morgan fingerprint density at radius 2 is 1.86 bits per heavy atom. The predicted molar refractivity (Wildman–Crippen MR) is 115 cm³/mol. The Morgan fingerprint density at radius 1 is 1.14 bits per heavy atom. The first-order valence-corrected chi connectivity index (χ1v) is 9.96. The molecule has 150 valence electrons. The number of piperidine rings is 1. The Morgan fingerprint density at radius 3 is 2.55 bits per heavy atom. The normalized spacial score (nSPS) is 18.8. The van der Waals surface area contributed by atoms with Crippen molar-refractivity contribution in [2.24, 2.45) is 11.1 Å². The highest BCUT2D eigenvalue weighted by atomic mass is 16.3. The second-order valence-electron chi connectivity index (χ2n) is 8.54. The third-order valence-corrected chi connectivity index (χ3v) is 6.01. The van der Waals surface area contributed by atoms with E-state index in [-0.39, 0.29) is 22.8 Å². The molecular weight excluding hydrogens is 364 g/mol. The molecule has 1 aliphatic rings. The molecule has 0 spiro atoms. The van der Waals surface area contributed by atoms with E-state index in [1.807, 2.05) is 35.2 Å². The predicted octanol–water partition coefficient (Wildman–Crippen LogP) is 3.97. The van der Waals surface area contributed by atoms with Crippen LogP contribution in [-0.4, -0.2) is 29.9 Å². The molecule has 0 radical (unpaired) electrons. The van der Waals surface area contributed by atoms with Gasteiger partial charge < -0.3 is 15.1 Å². The van der Waals surface area contributed by atoms with Crippen LogP contribution in [0.4, 0.5) is 0 Å². The lowest BCUT2D eigenvalue weighted by atomic mass is 9.79. The molecule has 2 heterocycles. The van der Waals surface area contributed by atoms with Gasteiger partial charge in [-0.15, -0.1) is 0 Å². The summed E-state index contributed by atoms with van der Waals surface area (Å²) >= 11 is 0. The Balaban J connectivity index is 1.85. The monoisotopic (exact) mass is 390 g/mol. The first kappa shape index (κ1) is 19.4. The van der Waals surface area contributed by atoms with Crippen molar-refractivity contribution in [1.82, 2.24) is 4.90 Å². The van der Waals surface area contributed by atoms with Crippen molar-refractivity contribution in [2.75, 3.05) is 13.1 Å². The summed E-state index contributed by atoms with van der Waals surface area (Å²) in [4.78, 5) is 28.2. The summed E-state index contributed by atoms with van der Waals surface area (Å²) < 4.78 is 6.20. The number of benzene rings is 2. The standard InChI is InChI=1S/C24H26N2O3/c1-15-20(27)17-10-7-11-18(22(17)29-21(15)16-8-5-4-6-9-16)23(28)26-13-12-19(25)24(2,3)14-26/h4-11,19H,12-14,25H2,1-3H3. The quantitative estimate of drug-likeness (QED) is 0.718. The van der Waals surface area contributed by atoms with Crippen molar-refractivity contribution in [3.8, 4) is 11.3 Å². The molecule has 1 saturated heterocycles. The molecule has 0 aliphatic carbocycles. The van der Waals surface area contributed by atoms with Gasteiger partial charge in [0.15, 0.2) is 11.0 Å². The maximum atomic E-state index is 13.4. The molecule has 2 aromatic carbocycles. The molecule has 3 aromatic rings. The van der Waals surface area contributed by atoms with Crippen LogP contribution in [0.3, 0.4) is 0 Å². The van der Waals surface area contributed by atoms with Gasteiger partial charge in [-0.2, -0.15) is 0 Å². The van der Waals surface area contributed by atoms with E-state index >= 15 is 0 Å². The van der Waals surface area contributed by atoms with Crippen LogP contribution in [0.1, 0.15) is 36.2 Å². The highest BCUT2D eigenvalue weighted by Gasteiger charge is 2.36. The number of likely N-dealkylation sites (tertiary alicyclic amines) is 1. The van der Waals surface area contributed by atoms with Gasteiger partial charge in [-0.3, -0.25) is 9.59 Å². The number of fused-ring (bicyclic) bond motifs is 1. The second kappa shape index (κ2) is 7.16. The van der Waals surface area contributed by atoms with Gasteiger partial charge in [-0.05, 0) is 30.9 Å². The van der Waals surface area contributed by atoms with E-state index in [1.165, 1.54) is 0 Å². The van der Waals surface area contributed by atoms with Gasteiger partial charge in [0.05, 0.1) is 10.9 Å². The van der Waals surface area contributed by atoms with E-state index in [2.05, 4.69) is 13.8 Å². The van der Waals surface area contributed by atoms with Crippen LogP contribution in [0.15, 0.2) is 57.7 Å². The summed E-state index contributed by atoms with van der Waals surface area (Å²) in [7, 11) is 0. The maximum absolute atomic E-state index is 13.4. The summed E-state index contributed by atoms with van der Waals surface area (Å²) in [5.74, 6) is 0.380. The molecule has 29 heavy (non-hydrogen) atoms. The van der Waals surface area contributed by atoms with Crippen LogP contribution in [0.5, 0.6) is 0 Å². The molecule has 1 fully saturated rings. The fourth-order valence-corrected chi connectivity index (χ4v) is 4.06. The summed E-state index contributed by atoms with van der Waals surface area (Å²) in [6, 6.07) is 14.8. The second-order valence-corrected chi connectivity index (χ2v) is 8.54. The van der Waals surface area contributed by atoms with Gasteiger partial charge >= 0.3 is 0 Å². The third-order valence-electron chi connectivity index (χ3n) is 6.01. The summed E-state index contributed by atoms with van der Waals surface area (Å²) in [5, 5.41) is 0.431. The molecule has 1 aliphatic heterocycles. The van der Waals surface area contributed by atoms with Crippen molar-refractivity contribution in [1.29, 1.82) is 0 Å². The number of carbonyl (C=O) groups is 1. The fraction of sp³-hybridized carbons (Fsp3) is 0.333. The van der Waals surface area contributed by atoms with Gasteiger partial charge in [0.25, 0.3) is 5.91 Å². The third kappa shape index (κ3) is 3.36. The average molecular weight is 390 g/mol. The number of hydrogen-bond acceptors (Lipinski definition) is 4. The molecule has 1 unspecified atom stereocenters. The minimum atomic E-state index is -0.162. The van der Waals surface area contributed by atoms with Crippen molar-refractivity contribution >= 4 is 16.9 Å². The zero-order valence-corrected chi connectivity index (χ0v) is 17.1. The van der Waals surface area contributed by atoms with Crippen LogP contribution >= 0.6 is 0 Å². The Hall–Kier alpha value is -2.92. The van der Waals surface area contributed by atoms with Crippen LogP contribution in [0.2, 0.25) is 0 Å². The van der Waals surface area contributed by atoms with Crippen molar-refractivity contribution in [3.63, 3.8) is 0 Å². The lowest BCUT2D eigenvalue weighted by molar-refractivity contribution is 0.0534. The lowest BCUT2D eigenvalue weighted by Crippen LogP contribution is -2.54. The van der Waals surface area contributed by atoms with Crippen LogP contribution in [0.25, 0.3) is 22.3 Å².